The predicted molar refractivity (Wildman–Crippen MR) is 77.8 cm³/mol. The SMILES string of the molecule is C=C(C)C1CCC2(C)CC(OC(C)=O)CC(C)=C2C1. The maximum absolute atomic E-state index is 11.2. The molecule has 3 atom stereocenters. The molecule has 0 amide bonds. The molecular weight excluding hydrogens is 236 g/mol. The fourth-order valence-electron chi connectivity index (χ4n) is 3.93. The van der Waals surface area contributed by atoms with Crippen LogP contribution in [0.5, 0.6) is 0 Å². The van der Waals surface area contributed by atoms with Crippen LogP contribution >= 0.6 is 0 Å². The number of allylic oxidation sites excluding steroid dienone is 2. The Kier molecular flexibility index (Phi) is 3.89. The molecule has 0 spiro atoms. The van der Waals surface area contributed by atoms with E-state index in [-0.39, 0.29) is 17.5 Å². The van der Waals surface area contributed by atoms with Crippen molar-refractivity contribution < 1.29 is 9.53 Å². The van der Waals surface area contributed by atoms with Crippen molar-refractivity contribution in [3.05, 3.63) is 23.3 Å². The molecule has 19 heavy (non-hydrogen) atoms. The fourth-order valence-corrected chi connectivity index (χ4v) is 3.93. The van der Waals surface area contributed by atoms with Crippen molar-refractivity contribution in [1.82, 2.24) is 0 Å². The second kappa shape index (κ2) is 5.15. The summed E-state index contributed by atoms with van der Waals surface area (Å²) in [7, 11) is 0. The van der Waals surface area contributed by atoms with E-state index in [9.17, 15) is 4.79 Å². The third kappa shape index (κ3) is 2.93. The van der Waals surface area contributed by atoms with Crippen LogP contribution in [-0.4, -0.2) is 12.1 Å². The van der Waals surface area contributed by atoms with Crippen LogP contribution in [0.15, 0.2) is 23.3 Å². The number of rotatable bonds is 2. The summed E-state index contributed by atoms with van der Waals surface area (Å²) < 4.78 is 5.46. The van der Waals surface area contributed by atoms with Gasteiger partial charge >= 0.3 is 5.97 Å². The van der Waals surface area contributed by atoms with Gasteiger partial charge in [-0.1, -0.05) is 30.2 Å². The summed E-state index contributed by atoms with van der Waals surface area (Å²) in [5.41, 5.74) is 4.58. The van der Waals surface area contributed by atoms with Gasteiger partial charge in [0.2, 0.25) is 0 Å². The number of ether oxygens (including phenoxy) is 1. The minimum absolute atomic E-state index is 0.0765. The van der Waals surface area contributed by atoms with E-state index in [1.165, 1.54) is 30.9 Å². The van der Waals surface area contributed by atoms with E-state index in [4.69, 9.17) is 4.74 Å². The van der Waals surface area contributed by atoms with E-state index in [1.807, 2.05) is 0 Å². The minimum Gasteiger partial charge on any atom is -0.462 e. The molecule has 0 heterocycles. The summed E-state index contributed by atoms with van der Waals surface area (Å²) in [5, 5.41) is 0. The van der Waals surface area contributed by atoms with E-state index >= 15 is 0 Å². The first-order valence-corrected chi connectivity index (χ1v) is 7.33. The summed E-state index contributed by atoms with van der Waals surface area (Å²) in [6, 6.07) is 0. The Bertz CT molecular complexity index is 433. The van der Waals surface area contributed by atoms with Gasteiger partial charge < -0.3 is 4.74 Å². The Hall–Kier alpha value is -1.05. The molecule has 3 unspecified atom stereocenters. The van der Waals surface area contributed by atoms with Crippen LogP contribution in [-0.2, 0) is 9.53 Å². The minimum atomic E-state index is -0.152. The topological polar surface area (TPSA) is 26.3 Å². The number of fused-ring (bicyclic) bond motifs is 1. The van der Waals surface area contributed by atoms with Crippen LogP contribution in [0, 0.1) is 11.3 Å². The third-order valence-electron chi connectivity index (χ3n) is 4.98. The highest BCUT2D eigenvalue weighted by Gasteiger charge is 2.42. The van der Waals surface area contributed by atoms with Gasteiger partial charge in [0.05, 0.1) is 0 Å². The lowest BCUT2D eigenvalue weighted by atomic mass is 9.60. The van der Waals surface area contributed by atoms with Crippen molar-refractivity contribution in [2.75, 3.05) is 0 Å². The maximum Gasteiger partial charge on any atom is 0.302 e. The molecule has 0 aromatic carbocycles. The molecule has 0 aliphatic heterocycles. The van der Waals surface area contributed by atoms with Gasteiger partial charge in [0.1, 0.15) is 6.10 Å². The maximum atomic E-state index is 11.2. The molecule has 0 saturated heterocycles. The van der Waals surface area contributed by atoms with Gasteiger partial charge in [0.15, 0.2) is 0 Å². The molecule has 106 valence electrons. The average molecular weight is 262 g/mol. The summed E-state index contributed by atoms with van der Waals surface area (Å²) in [6.45, 7) is 12.3. The molecule has 0 N–H and O–H groups in total. The van der Waals surface area contributed by atoms with Crippen LogP contribution in [0.4, 0.5) is 0 Å². The van der Waals surface area contributed by atoms with Crippen molar-refractivity contribution in [3.63, 3.8) is 0 Å². The Morgan fingerprint density at radius 1 is 1.37 bits per heavy atom. The average Bonchev–Trinajstić information content (AvgIpc) is 2.26. The zero-order valence-corrected chi connectivity index (χ0v) is 12.7. The summed E-state index contributed by atoms with van der Waals surface area (Å²) in [4.78, 5) is 11.2. The van der Waals surface area contributed by atoms with Gasteiger partial charge in [-0.15, -0.1) is 0 Å². The smallest absolute Gasteiger partial charge is 0.302 e. The van der Waals surface area contributed by atoms with E-state index < -0.39 is 0 Å². The molecule has 1 fully saturated rings. The zero-order valence-electron chi connectivity index (χ0n) is 12.7. The quantitative estimate of drug-likeness (QED) is 0.544. The second-order valence-corrected chi connectivity index (χ2v) is 6.75. The summed E-state index contributed by atoms with van der Waals surface area (Å²) >= 11 is 0. The first-order valence-electron chi connectivity index (χ1n) is 7.33. The van der Waals surface area contributed by atoms with Crippen LogP contribution in [0.1, 0.15) is 59.8 Å². The number of carbonyl (C=O) groups excluding carboxylic acids is 1. The highest BCUT2D eigenvalue weighted by Crippen LogP contribution is 2.52. The number of hydrogen-bond donors (Lipinski definition) is 0. The van der Waals surface area contributed by atoms with Crippen LogP contribution < -0.4 is 0 Å². The molecule has 2 nitrogen and oxygen atoms in total. The lowest BCUT2D eigenvalue weighted by molar-refractivity contribution is -0.148. The summed E-state index contributed by atoms with van der Waals surface area (Å²) in [5.74, 6) is 0.490. The van der Waals surface area contributed by atoms with E-state index in [2.05, 4.69) is 27.4 Å². The van der Waals surface area contributed by atoms with Crippen molar-refractivity contribution in [2.24, 2.45) is 11.3 Å². The molecule has 2 rings (SSSR count). The standard InChI is InChI=1S/C17H26O2/c1-11(2)14-6-7-17(5)10-15(19-13(4)18)8-12(3)16(17)9-14/h14-15H,1,6-10H2,2-5H3. The Morgan fingerprint density at radius 2 is 2.05 bits per heavy atom. The number of esters is 1. The first-order chi connectivity index (χ1) is 8.82. The molecule has 0 bridgehead atoms. The van der Waals surface area contributed by atoms with Crippen molar-refractivity contribution in [2.45, 2.75) is 65.9 Å². The zero-order chi connectivity index (χ0) is 14.2. The van der Waals surface area contributed by atoms with E-state index in [0.29, 0.717) is 5.92 Å². The van der Waals surface area contributed by atoms with E-state index in [1.54, 1.807) is 5.57 Å². The fraction of sp³-hybridized carbons (Fsp3) is 0.706. The number of hydrogen-bond acceptors (Lipinski definition) is 2. The lowest BCUT2D eigenvalue weighted by Gasteiger charge is -2.46. The molecule has 2 aliphatic carbocycles. The molecule has 2 aliphatic rings. The van der Waals surface area contributed by atoms with Crippen molar-refractivity contribution in [1.29, 1.82) is 0 Å². The second-order valence-electron chi connectivity index (χ2n) is 6.75. The van der Waals surface area contributed by atoms with Crippen molar-refractivity contribution >= 4 is 5.97 Å². The van der Waals surface area contributed by atoms with Gasteiger partial charge in [-0.05, 0) is 50.9 Å². The molecule has 0 aromatic heterocycles. The Labute approximate surface area is 116 Å². The van der Waals surface area contributed by atoms with Gasteiger partial charge in [0, 0.05) is 13.3 Å². The monoisotopic (exact) mass is 262 g/mol. The van der Waals surface area contributed by atoms with Gasteiger partial charge in [0.25, 0.3) is 0 Å². The highest BCUT2D eigenvalue weighted by molar-refractivity contribution is 5.66. The largest absolute Gasteiger partial charge is 0.462 e. The van der Waals surface area contributed by atoms with Crippen LogP contribution in [0.3, 0.4) is 0 Å². The van der Waals surface area contributed by atoms with Gasteiger partial charge in [-0.25, -0.2) is 0 Å². The molecule has 2 heteroatoms. The Balaban J connectivity index is 2.21. The first kappa shape index (κ1) is 14.4. The van der Waals surface area contributed by atoms with Crippen molar-refractivity contribution in [3.8, 4) is 0 Å². The molecule has 1 saturated carbocycles. The van der Waals surface area contributed by atoms with Gasteiger partial charge in [-0.3, -0.25) is 4.79 Å². The highest BCUT2D eigenvalue weighted by atomic mass is 16.5. The predicted octanol–water partition coefficient (Wildman–Crippen LogP) is 4.41. The number of carbonyl (C=O) groups is 1. The van der Waals surface area contributed by atoms with Crippen LogP contribution in [0.25, 0.3) is 0 Å². The van der Waals surface area contributed by atoms with Crippen LogP contribution in [0.2, 0.25) is 0 Å². The van der Waals surface area contributed by atoms with Gasteiger partial charge in [-0.2, -0.15) is 0 Å². The van der Waals surface area contributed by atoms with E-state index in [0.717, 1.165) is 19.3 Å². The molecule has 0 aromatic rings. The lowest BCUT2D eigenvalue weighted by Crippen LogP contribution is -2.37. The Morgan fingerprint density at radius 3 is 2.63 bits per heavy atom. The normalized spacial score (nSPS) is 34.7. The summed E-state index contributed by atoms with van der Waals surface area (Å²) in [6.07, 6.45) is 5.54. The molecular formula is C17H26O2. The third-order valence-corrected chi connectivity index (χ3v) is 4.98. The molecule has 0 radical (unpaired) electrons.